The van der Waals surface area contributed by atoms with E-state index in [-0.39, 0.29) is 0 Å². The third kappa shape index (κ3) is 3.69. The molecule has 1 aliphatic carbocycles. The van der Waals surface area contributed by atoms with Crippen LogP contribution in [-0.4, -0.2) is 31.9 Å². The highest BCUT2D eigenvalue weighted by molar-refractivity contribution is 7.89. The first-order valence-electron chi connectivity index (χ1n) is 7.01. The van der Waals surface area contributed by atoms with Crippen molar-refractivity contribution in [3.63, 3.8) is 0 Å². The lowest BCUT2D eigenvalue weighted by molar-refractivity contribution is 0.459. The second kappa shape index (κ2) is 6.52. The molecule has 20 heavy (non-hydrogen) atoms. The van der Waals surface area contributed by atoms with Crippen LogP contribution < -0.4 is 5.32 Å². The summed E-state index contributed by atoms with van der Waals surface area (Å²) in [5, 5.41) is 3.40. The average Bonchev–Trinajstić information content (AvgIpc) is 3.27. The zero-order valence-corrected chi connectivity index (χ0v) is 12.7. The van der Waals surface area contributed by atoms with Crippen molar-refractivity contribution < 1.29 is 8.42 Å². The van der Waals surface area contributed by atoms with Gasteiger partial charge < -0.3 is 5.32 Å². The molecule has 1 fully saturated rings. The predicted octanol–water partition coefficient (Wildman–Crippen LogP) is 2.14. The van der Waals surface area contributed by atoms with Crippen LogP contribution in [0.5, 0.6) is 0 Å². The molecule has 0 spiro atoms. The van der Waals surface area contributed by atoms with E-state index in [1.807, 2.05) is 13.0 Å². The van der Waals surface area contributed by atoms with Gasteiger partial charge in [-0.15, -0.1) is 6.58 Å². The molecule has 2 rings (SSSR count). The summed E-state index contributed by atoms with van der Waals surface area (Å²) in [6.07, 6.45) is 4.06. The van der Waals surface area contributed by atoms with E-state index in [1.54, 1.807) is 24.3 Å². The largest absolute Gasteiger partial charge is 0.310 e. The van der Waals surface area contributed by atoms with Crippen LogP contribution in [0.1, 0.15) is 25.3 Å². The molecule has 110 valence electrons. The van der Waals surface area contributed by atoms with Crippen molar-refractivity contribution in [2.75, 3.05) is 13.1 Å². The van der Waals surface area contributed by atoms with Crippen molar-refractivity contribution in [2.24, 2.45) is 0 Å². The summed E-state index contributed by atoms with van der Waals surface area (Å²) < 4.78 is 26.5. The molecule has 0 saturated heterocycles. The third-order valence-corrected chi connectivity index (χ3v) is 5.33. The number of nitrogens with zero attached hydrogens (tertiary/aromatic N) is 1. The molecule has 0 atom stereocenters. The molecule has 4 nitrogen and oxygen atoms in total. The van der Waals surface area contributed by atoms with Crippen LogP contribution in [0.3, 0.4) is 0 Å². The van der Waals surface area contributed by atoms with E-state index in [1.165, 1.54) is 17.1 Å². The Bertz CT molecular complexity index is 565. The average molecular weight is 294 g/mol. The van der Waals surface area contributed by atoms with Crippen LogP contribution >= 0.6 is 0 Å². The minimum absolute atomic E-state index is 0.337. The fraction of sp³-hybridized carbons (Fsp3) is 0.467. The fourth-order valence-electron chi connectivity index (χ4n) is 2.06. The van der Waals surface area contributed by atoms with Crippen LogP contribution in [0.2, 0.25) is 0 Å². The quantitative estimate of drug-likeness (QED) is 0.747. The predicted molar refractivity (Wildman–Crippen MR) is 80.9 cm³/mol. The van der Waals surface area contributed by atoms with E-state index in [0.717, 1.165) is 12.1 Å². The van der Waals surface area contributed by atoms with Gasteiger partial charge in [0.05, 0.1) is 4.90 Å². The topological polar surface area (TPSA) is 49.4 Å². The standard InChI is InChI=1S/C15H22N2O2S/c1-3-10-17(4-2)20(18,19)15-7-5-6-13(11-15)12-16-14-8-9-14/h3,5-7,11,14,16H,1,4,8-10,12H2,2H3. The molecule has 0 bridgehead atoms. The van der Waals surface area contributed by atoms with Crippen LogP contribution in [-0.2, 0) is 16.6 Å². The van der Waals surface area contributed by atoms with E-state index in [2.05, 4.69) is 11.9 Å². The summed E-state index contributed by atoms with van der Waals surface area (Å²) in [5.41, 5.74) is 1.01. The van der Waals surface area contributed by atoms with Gasteiger partial charge in [-0.25, -0.2) is 8.42 Å². The Labute approximate surface area is 121 Å². The highest BCUT2D eigenvalue weighted by atomic mass is 32.2. The summed E-state index contributed by atoms with van der Waals surface area (Å²) in [4.78, 5) is 0.358. The molecule has 1 aromatic carbocycles. The molecule has 0 aliphatic heterocycles. The lowest BCUT2D eigenvalue weighted by Gasteiger charge is -2.19. The van der Waals surface area contributed by atoms with Crippen molar-refractivity contribution in [2.45, 2.75) is 37.2 Å². The molecule has 0 amide bonds. The summed E-state index contributed by atoms with van der Waals surface area (Å²) >= 11 is 0. The minimum Gasteiger partial charge on any atom is -0.310 e. The molecule has 1 N–H and O–H groups in total. The lowest BCUT2D eigenvalue weighted by Crippen LogP contribution is -2.31. The van der Waals surface area contributed by atoms with Crippen molar-refractivity contribution >= 4 is 10.0 Å². The number of benzene rings is 1. The molecule has 0 unspecified atom stereocenters. The molecule has 1 aliphatic rings. The maximum atomic E-state index is 12.5. The van der Waals surface area contributed by atoms with Gasteiger partial charge in [0.1, 0.15) is 0 Å². The smallest absolute Gasteiger partial charge is 0.243 e. The Morgan fingerprint density at radius 1 is 1.45 bits per heavy atom. The minimum atomic E-state index is -3.42. The van der Waals surface area contributed by atoms with Crippen molar-refractivity contribution in [1.82, 2.24) is 9.62 Å². The molecule has 1 aromatic rings. The number of sulfonamides is 1. The van der Waals surface area contributed by atoms with Crippen LogP contribution in [0.15, 0.2) is 41.8 Å². The molecule has 0 radical (unpaired) electrons. The van der Waals surface area contributed by atoms with Gasteiger partial charge in [-0.05, 0) is 30.5 Å². The van der Waals surface area contributed by atoms with E-state index < -0.39 is 10.0 Å². The van der Waals surface area contributed by atoms with Gasteiger partial charge in [0.25, 0.3) is 0 Å². The zero-order valence-electron chi connectivity index (χ0n) is 11.9. The lowest BCUT2D eigenvalue weighted by atomic mass is 10.2. The van der Waals surface area contributed by atoms with Crippen LogP contribution in [0, 0.1) is 0 Å². The second-order valence-electron chi connectivity index (χ2n) is 5.05. The fourth-order valence-corrected chi connectivity index (χ4v) is 3.55. The number of nitrogens with one attached hydrogen (secondary N) is 1. The van der Waals surface area contributed by atoms with Gasteiger partial charge in [0.2, 0.25) is 10.0 Å². The van der Waals surface area contributed by atoms with Crippen LogP contribution in [0.25, 0.3) is 0 Å². The Hall–Kier alpha value is -1.17. The Kier molecular flexibility index (Phi) is 4.96. The van der Waals surface area contributed by atoms with E-state index in [4.69, 9.17) is 0 Å². The Morgan fingerprint density at radius 2 is 2.20 bits per heavy atom. The number of hydrogen-bond acceptors (Lipinski definition) is 3. The molecule has 5 heteroatoms. The Balaban J connectivity index is 2.16. The van der Waals surface area contributed by atoms with Gasteiger partial charge >= 0.3 is 0 Å². The van der Waals surface area contributed by atoms with E-state index in [9.17, 15) is 8.42 Å². The van der Waals surface area contributed by atoms with Gasteiger partial charge in [0.15, 0.2) is 0 Å². The van der Waals surface area contributed by atoms with Gasteiger partial charge in [0, 0.05) is 25.7 Å². The summed E-state index contributed by atoms with van der Waals surface area (Å²) in [7, 11) is -3.42. The molecule has 0 aromatic heterocycles. The van der Waals surface area contributed by atoms with Gasteiger partial charge in [-0.3, -0.25) is 0 Å². The monoisotopic (exact) mass is 294 g/mol. The number of hydrogen-bond donors (Lipinski definition) is 1. The van der Waals surface area contributed by atoms with Gasteiger partial charge in [-0.2, -0.15) is 4.31 Å². The SMILES string of the molecule is C=CCN(CC)S(=O)(=O)c1cccc(CNC2CC2)c1. The summed E-state index contributed by atoms with van der Waals surface area (Å²) in [5.74, 6) is 0. The normalized spacial score (nSPS) is 15.5. The maximum absolute atomic E-state index is 12.5. The summed E-state index contributed by atoms with van der Waals surface area (Å²) in [6, 6.07) is 7.79. The highest BCUT2D eigenvalue weighted by Crippen LogP contribution is 2.21. The molecular formula is C15H22N2O2S. The maximum Gasteiger partial charge on any atom is 0.243 e. The highest BCUT2D eigenvalue weighted by Gasteiger charge is 2.23. The first-order chi connectivity index (χ1) is 9.57. The van der Waals surface area contributed by atoms with Crippen molar-refractivity contribution in [3.05, 3.63) is 42.5 Å². The van der Waals surface area contributed by atoms with E-state index in [0.29, 0.717) is 24.0 Å². The first-order valence-corrected chi connectivity index (χ1v) is 8.45. The number of rotatable bonds is 8. The van der Waals surface area contributed by atoms with Gasteiger partial charge in [-0.1, -0.05) is 25.1 Å². The van der Waals surface area contributed by atoms with E-state index >= 15 is 0 Å². The third-order valence-electron chi connectivity index (χ3n) is 3.39. The second-order valence-corrected chi connectivity index (χ2v) is 6.98. The zero-order chi connectivity index (χ0) is 14.6. The van der Waals surface area contributed by atoms with Crippen molar-refractivity contribution in [3.8, 4) is 0 Å². The molecule has 0 heterocycles. The Morgan fingerprint density at radius 3 is 2.80 bits per heavy atom. The number of likely N-dealkylation sites (N-methyl/N-ethyl adjacent to an activating group) is 1. The first kappa shape index (κ1) is 15.2. The summed E-state index contributed by atoms with van der Waals surface area (Å²) in [6.45, 7) is 6.95. The molecular weight excluding hydrogens is 272 g/mol. The van der Waals surface area contributed by atoms with Crippen LogP contribution in [0.4, 0.5) is 0 Å². The molecule has 1 saturated carbocycles. The van der Waals surface area contributed by atoms with Crippen molar-refractivity contribution in [1.29, 1.82) is 0 Å².